The third-order valence-corrected chi connectivity index (χ3v) is 3.61. The average Bonchev–Trinajstić information content (AvgIpc) is 2.71. The minimum Gasteiger partial charge on any atom is -0.282 e. The Labute approximate surface area is 116 Å². The number of rotatable bonds is 1. The van der Waals surface area contributed by atoms with Crippen LogP contribution in [0.15, 0.2) is 29.2 Å². The number of alkyl halides is 1. The van der Waals surface area contributed by atoms with E-state index in [1.807, 2.05) is 6.92 Å². The van der Waals surface area contributed by atoms with Crippen LogP contribution >= 0.6 is 0 Å². The van der Waals surface area contributed by atoms with Crippen molar-refractivity contribution in [3.8, 4) is 6.07 Å². The number of aryl methyl sites for hydroxylation is 1. The predicted molar refractivity (Wildman–Crippen MR) is 67.5 cm³/mol. The maximum Gasteiger partial charge on any atom is 0.294 e. The minimum absolute atomic E-state index is 0.0139. The molecule has 5 nitrogen and oxygen atoms in total. The van der Waals surface area contributed by atoms with Gasteiger partial charge >= 0.3 is 0 Å². The molecular formula is C12H14F2N2O3S. The third kappa shape index (κ3) is 4.23. The lowest BCUT2D eigenvalue weighted by molar-refractivity contribution is -0.0918. The van der Waals surface area contributed by atoms with E-state index in [9.17, 15) is 17.3 Å². The molecule has 0 aromatic heterocycles. The first-order chi connectivity index (χ1) is 9.19. The molecule has 20 heavy (non-hydrogen) atoms. The SMILES string of the molecule is Cc1ccc(S(=O)(=O)O)cc1.N#CC1(F)CCCN1F. The highest BCUT2D eigenvalue weighted by molar-refractivity contribution is 7.85. The predicted octanol–water partition coefficient (Wildman–Crippen LogP) is 2.40. The van der Waals surface area contributed by atoms with Crippen LogP contribution in [0, 0.1) is 18.3 Å². The summed E-state index contributed by atoms with van der Waals surface area (Å²) in [5, 5.41) is 8.04. The fourth-order valence-corrected chi connectivity index (χ4v) is 2.05. The van der Waals surface area contributed by atoms with Gasteiger partial charge in [-0.25, -0.2) is 4.39 Å². The second-order valence-corrected chi connectivity index (χ2v) is 5.77. The van der Waals surface area contributed by atoms with E-state index in [-0.39, 0.29) is 23.0 Å². The Balaban J connectivity index is 0.000000204. The molecule has 0 aliphatic carbocycles. The topological polar surface area (TPSA) is 81.4 Å². The van der Waals surface area contributed by atoms with E-state index >= 15 is 0 Å². The van der Waals surface area contributed by atoms with Crippen molar-refractivity contribution in [1.82, 2.24) is 5.12 Å². The van der Waals surface area contributed by atoms with Gasteiger partial charge in [0, 0.05) is 13.0 Å². The van der Waals surface area contributed by atoms with Crippen LogP contribution in [-0.4, -0.2) is 30.4 Å². The summed E-state index contributed by atoms with van der Waals surface area (Å²) in [5.41, 5.74) is 0.956. The van der Waals surface area contributed by atoms with Crippen molar-refractivity contribution in [3.05, 3.63) is 29.8 Å². The Morgan fingerprint density at radius 3 is 2.25 bits per heavy atom. The molecule has 1 fully saturated rings. The van der Waals surface area contributed by atoms with Gasteiger partial charge in [-0.15, -0.1) is 4.48 Å². The molecule has 1 saturated heterocycles. The number of nitriles is 1. The normalized spacial score (nSPS) is 22.8. The highest BCUT2D eigenvalue weighted by Gasteiger charge is 2.42. The Bertz CT molecular complexity index is 598. The summed E-state index contributed by atoms with van der Waals surface area (Å²) in [6.07, 6.45) is 0.403. The van der Waals surface area contributed by atoms with Crippen molar-refractivity contribution >= 4 is 10.1 Å². The minimum atomic E-state index is -4.02. The first-order valence-electron chi connectivity index (χ1n) is 5.77. The summed E-state index contributed by atoms with van der Waals surface area (Å²) in [5.74, 6) is -2.33. The zero-order chi connectivity index (χ0) is 15.4. The molecule has 0 bridgehead atoms. The quantitative estimate of drug-likeness (QED) is 0.489. The number of halogens is 2. The summed E-state index contributed by atoms with van der Waals surface area (Å²) < 4.78 is 54.4. The van der Waals surface area contributed by atoms with Gasteiger partial charge in [-0.2, -0.15) is 13.7 Å². The van der Waals surface area contributed by atoms with E-state index in [2.05, 4.69) is 0 Å². The van der Waals surface area contributed by atoms with Crippen molar-refractivity contribution in [2.24, 2.45) is 0 Å². The molecule has 1 aromatic rings. The average molecular weight is 304 g/mol. The Morgan fingerprint density at radius 1 is 1.40 bits per heavy atom. The monoisotopic (exact) mass is 304 g/mol. The summed E-state index contributed by atoms with van der Waals surface area (Å²) in [6.45, 7) is 1.87. The van der Waals surface area contributed by atoms with E-state index in [1.165, 1.54) is 18.2 Å². The van der Waals surface area contributed by atoms with Crippen molar-refractivity contribution in [1.29, 1.82) is 5.26 Å². The van der Waals surface area contributed by atoms with Crippen molar-refractivity contribution in [2.45, 2.75) is 30.5 Å². The van der Waals surface area contributed by atoms with Gasteiger partial charge < -0.3 is 0 Å². The standard InChI is InChI=1S/C7H8O3S.C5H6F2N2/c1-6-2-4-7(5-3-6)11(8,9)10;6-5(4-8)2-1-3-9(5)7/h2-5H,1H3,(H,8,9,10);1-3H2. The summed E-state index contributed by atoms with van der Waals surface area (Å²) >= 11 is 0. The van der Waals surface area contributed by atoms with Gasteiger partial charge in [0.2, 0.25) is 0 Å². The summed E-state index contributed by atoms with van der Waals surface area (Å²) in [7, 11) is -4.02. The van der Waals surface area contributed by atoms with Crippen LogP contribution < -0.4 is 0 Å². The van der Waals surface area contributed by atoms with E-state index in [0.717, 1.165) is 5.56 Å². The Hall–Kier alpha value is -1.56. The van der Waals surface area contributed by atoms with Gasteiger partial charge in [-0.05, 0) is 25.5 Å². The van der Waals surface area contributed by atoms with E-state index in [1.54, 1.807) is 12.1 Å². The van der Waals surface area contributed by atoms with Crippen molar-refractivity contribution in [2.75, 3.05) is 6.54 Å². The molecule has 0 amide bonds. The molecule has 1 unspecified atom stereocenters. The van der Waals surface area contributed by atoms with Crippen LogP contribution in [0.25, 0.3) is 0 Å². The highest BCUT2D eigenvalue weighted by Crippen LogP contribution is 2.29. The first kappa shape index (κ1) is 16.5. The fourth-order valence-electron chi connectivity index (χ4n) is 1.57. The molecule has 2 rings (SSSR count). The van der Waals surface area contributed by atoms with E-state index in [0.29, 0.717) is 6.42 Å². The molecule has 110 valence electrons. The summed E-state index contributed by atoms with van der Waals surface area (Å²) in [4.78, 5) is -0.0666. The molecular weight excluding hydrogens is 290 g/mol. The largest absolute Gasteiger partial charge is 0.294 e. The Kier molecular flexibility index (Phi) is 5.16. The van der Waals surface area contributed by atoms with Crippen molar-refractivity contribution in [3.63, 3.8) is 0 Å². The molecule has 1 aromatic carbocycles. The van der Waals surface area contributed by atoms with Crippen LogP contribution in [0.3, 0.4) is 0 Å². The molecule has 1 N–H and O–H groups in total. The zero-order valence-electron chi connectivity index (χ0n) is 10.8. The third-order valence-electron chi connectivity index (χ3n) is 2.74. The van der Waals surface area contributed by atoms with Gasteiger partial charge in [-0.3, -0.25) is 4.55 Å². The lowest BCUT2D eigenvalue weighted by Crippen LogP contribution is -2.31. The number of hydrogen-bond acceptors (Lipinski definition) is 4. The number of benzene rings is 1. The molecule has 1 heterocycles. The molecule has 0 radical (unpaired) electrons. The van der Waals surface area contributed by atoms with Gasteiger partial charge in [0.15, 0.2) is 0 Å². The van der Waals surface area contributed by atoms with Crippen LogP contribution in [-0.2, 0) is 10.1 Å². The smallest absolute Gasteiger partial charge is 0.282 e. The van der Waals surface area contributed by atoms with Crippen LogP contribution in [0.2, 0.25) is 0 Å². The second kappa shape index (κ2) is 6.26. The van der Waals surface area contributed by atoms with Crippen molar-refractivity contribution < 1.29 is 21.8 Å². The Morgan fingerprint density at radius 2 is 1.95 bits per heavy atom. The molecule has 1 atom stereocenters. The maximum atomic E-state index is 12.6. The van der Waals surface area contributed by atoms with Gasteiger partial charge in [0.1, 0.15) is 6.07 Å². The van der Waals surface area contributed by atoms with E-state index in [4.69, 9.17) is 9.81 Å². The highest BCUT2D eigenvalue weighted by atomic mass is 32.2. The molecule has 1 aliphatic heterocycles. The lowest BCUT2D eigenvalue weighted by Gasteiger charge is -2.13. The fraction of sp³-hybridized carbons (Fsp3) is 0.417. The lowest BCUT2D eigenvalue weighted by atomic mass is 10.2. The number of nitrogens with zero attached hydrogens (tertiary/aromatic N) is 2. The number of hydrogen-bond donors (Lipinski definition) is 1. The molecule has 8 heteroatoms. The second-order valence-electron chi connectivity index (χ2n) is 4.35. The van der Waals surface area contributed by atoms with Crippen LogP contribution in [0.4, 0.5) is 8.87 Å². The summed E-state index contributed by atoms with van der Waals surface area (Å²) in [6, 6.07) is 7.26. The first-order valence-corrected chi connectivity index (χ1v) is 7.21. The zero-order valence-corrected chi connectivity index (χ0v) is 11.6. The van der Waals surface area contributed by atoms with Crippen LogP contribution in [0.5, 0.6) is 0 Å². The van der Waals surface area contributed by atoms with Gasteiger partial charge in [0.05, 0.1) is 4.90 Å². The van der Waals surface area contributed by atoms with Gasteiger partial charge in [-0.1, -0.05) is 22.8 Å². The maximum absolute atomic E-state index is 12.6. The van der Waals surface area contributed by atoms with Crippen LogP contribution in [0.1, 0.15) is 18.4 Å². The molecule has 0 saturated carbocycles. The molecule has 0 spiro atoms. The van der Waals surface area contributed by atoms with Gasteiger partial charge in [0.25, 0.3) is 15.9 Å². The van der Waals surface area contributed by atoms with E-state index < -0.39 is 15.9 Å². The molecule has 1 aliphatic rings.